The van der Waals surface area contributed by atoms with Gasteiger partial charge in [-0.25, -0.2) is 4.79 Å². The number of ether oxygens (including phenoxy) is 1. The first-order valence-electron chi connectivity index (χ1n) is 11.3. The number of piperidine rings is 1. The van der Waals surface area contributed by atoms with Crippen LogP contribution in [0, 0.1) is 5.92 Å². The Morgan fingerprint density at radius 3 is 2.39 bits per heavy atom. The third kappa shape index (κ3) is 5.77. The molecule has 0 bridgehead atoms. The van der Waals surface area contributed by atoms with E-state index in [1.807, 2.05) is 61.9 Å². The van der Waals surface area contributed by atoms with Crippen molar-refractivity contribution in [2.24, 2.45) is 5.92 Å². The van der Waals surface area contributed by atoms with Gasteiger partial charge in [0.15, 0.2) is 0 Å². The zero-order valence-corrected chi connectivity index (χ0v) is 20.8. The standard InChI is InChI=1S/C26H30Cl2N2O3/c1-26(2,3)33-25(32)29-10-8-17(9-11-29)12-19-13-20-16-30(24(31)23(20)22(28)14-19)15-18-4-6-21(27)7-5-18/h4-7,13-14,16-17,31H,8-12,15H2,1-3H3. The van der Waals surface area contributed by atoms with E-state index in [1.54, 1.807) is 4.90 Å². The van der Waals surface area contributed by atoms with E-state index in [-0.39, 0.29) is 12.0 Å². The minimum atomic E-state index is -0.477. The molecule has 4 rings (SSSR count). The largest absolute Gasteiger partial charge is 0.494 e. The summed E-state index contributed by atoms with van der Waals surface area (Å²) in [5.74, 6) is 0.643. The summed E-state index contributed by atoms with van der Waals surface area (Å²) in [6.07, 6.45) is 4.46. The Morgan fingerprint density at radius 1 is 1.09 bits per heavy atom. The van der Waals surface area contributed by atoms with E-state index >= 15 is 0 Å². The molecule has 7 heteroatoms. The van der Waals surface area contributed by atoms with Crippen molar-refractivity contribution in [2.45, 2.75) is 52.2 Å². The van der Waals surface area contributed by atoms with Gasteiger partial charge in [0.1, 0.15) is 5.60 Å². The number of benzene rings is 2. The van der Waals surface area contributed by atoms with Crippen molar-refractivity contribution in [2.75, 3.05) is 13.1 Å². The van der Waals surface area contributed by atoms with Crippen molar-refractivity contribution in [3.05, 3.63) is 63.8 Å². The molecule has 0 spiro atoms. The summed E-state index contributed by atoms with van der Waals surface area (Å²) in [5.41, 5.74) is 1.71. The van der Waals surface area contributed by atoms with Crippen molar-refractivity contribution in [3.63, 3.8) is 0 Å². The molecule has 33 heavy (non-hydrogen) atoms. The third-order valence-corrected chi connectivity index (χ3v) is 6.58. The monoisotopic (exact) mass is 488 g/mol. The minimum absolute atomic E-state index is 0.169. The molecular weight excluding hydrogens is 459 g/mol. The number of fused-ring (bicyclic) bond motifs is 1. The van der Waals surface area contributed by atoms with Gasteiger partial charge >= 0.3 is 6.09 Å². The molecule has 2 heterocycles. The Morgan fingerprint density at radius 2 is 1.76 bits per heavy atom. The van der Waals surface area contributed by atoms with Crippen LogP contribution in [0.1, 0.15) is 44.7 Å². The Bertz CT molecular complexity index is 1140. The van der Waals surface area contributed by atoms with Gasteiger partial charge in [0, 0.05) is 29.7 Å². The fourth-order valence-electron chi connectivity index (χ4n) is 4.40. The number of halogens is 2. The molecule has 1 fully saturated rings. The Hall–Kier alpha value is -2.37. The van der Waals surface area contributed by atoms with Gasteiger partial charge in [0.2, 0.25) is 5.88 Å². The number of likely N-dealkylation sites (tertiary alicyclic amines) is 1. The van der Waals surface area contributed by atoms with Crippen molar-refractivity contribution >= 4 is 40.1 Å². The molecule has 3 aromatic rings. The summed E-state index contributed by atoms with van der Waals surface area (Å²) in [4.78, 5) is 14.1. The van der Waals surface area contributed by atoms with E-state index in [0.717, 1.165) is 35.8 Å². The van der Waals surface area contributed by atoms with Crippen LogP contribution in [0.5, 0.6) is 5.88 Å². The van der Waals surface area contributed by atoms with Crippen LogP contribution in [-0.2, 0) is 17.7 Å². The van der Waals surface area contributed by atoms with E-state index in [9.17, 15) is 9.90 Å². The average molecular weight is 489 g/mol. The number of hydrogen-bond donors (Lipinski definition) is 1. The van der Waals surface area contributed by atoms with Gasteiger partial charge in [-0.1, -0.05) is 35.3 Å². The first kappa shape index (κ1) is 23.8. The SMILES string of the molecule is CC(C)(C)OC(=O)N1CCC(Cc2cc(Cl)c3c(O)n(Cc4ccc(Cl)cc4)cc3c2)CC1. The normalized spacial score (nSPS) is 15.2. The summed E-state index contributed by atoms with van der Waals surface area (Å²) in [6, 6.07) is 11.6. The molecule has 0 unspecified atom stereocenters. The summed E-state index contributed by atoms with van der Waals surface area (Å²) in [6.45, 7) is 7.60. The van der Waals surface area contributed by atoms with E-state index in [2.05, 4.69) is 6.07 Å². The van der Waals surface area contributed by atoms with E-state index in [1.165, 1.54) is 0 Å². The third-order valence-electron chi connectivity index (χ3n) is 6.03. The van der Waals surface area contributed by atoms with Crippen LogP contribution in [0.4, 0.5) is 4.79 Å². The van der Waals surface area contributed by atoms with Gasteiger partial charge in [-0.15, -0.1) is 0 Å². The molecule has 1 aromatic heterocycles. The second kappa shape index (κ2) is 9.47. The lowest BCUT2D eigenvalue weighted by Gasteiger charge is -2.33. The van der Waals surface area contributed by atoms with Crippen molar-refractivity contribution < 1.29 is 14.6 Å². The molecule has 0 atom stereocenters. The number of amides is 1. The average Bonchev–Trinajstić information content (AvgIpc) is 3.04. The molecule has 1 amide bonds. The molecule has 5 nitrogen and oxygen atoms in total. The van der Waals surface area contributed by atoms with Crippen LogP contribution in [-0.4, -0.2) is 39.4 Å². The van der Waals surface area contributed by atoms with Crippen LogP contribution in [0.3, 0.4) is 0 Å². The van der Waals surface area contributed by atoms with Gasteiger partial charge in [-0.05, 0) is 81.3 Å². The van der Waals surface area contributed by atoms with Crippen LogP contribution < -0.4 is 0 Å². The Balaban J connectivity index is 1.44. The lowest BCUT2D eigenvalue weighted by molar-refractivity contribution is 0.0184. The molecule has 0 aliphatic carbocycles. The second-order valence-electron chi connectivity index (χ2n) is 9.86. The van der Waals surface area contributed by atoms with Crippen molar-refractivity contribution in [3.8, 4) is 5.88 Å². The molecule has 1 aliphatic rings. The van der Waals surface area contributed by atoms with Gasteiger partial charge in [-0.2, -0.15) is 0 Å². The van der Waals surface area contributed by atoms with Crippen LogP contribution >= 0.6 is 23.2 Å². The molecule has 2 aromatic carbocycles. The number of aromatic hydroxyl groups is 1. The fourth-order valence-corrected chi connectivity index (χ4v) is 4.86. The molecule has 1 aliphatic heterocycles. The first-order chi connectivity index (χ1) is 15.6. The van der Waals surface area contributed by atoms with Crippen LogP contribution in [0.2, 0.25) is 10.0 Å². The lowest BCUT2D eigenvalue weighted by Crippen LogP contribution is -2.42. The predicted molar refractivity (Wildman–Crippen MR) is 133 cm³/mol. The molecule has 0 saturated carbocycles. The number of aromatic nitrogens is 1. The second-order valence-corrected chi connectivity index (χ2v) is 10.7. The highest BCUT2D eigenvalue weighted by atomic mass is 35.5. The smallest absolute Gasteiger partial charge is 0.410 e. The highest BCUT2D eigenvalue weighted by molar-refractivity contribution is 6.36. The van der Waals surface area contributed by atoms with E-state index in [4.69, 9.17) is 27.9 Å². The van der Waals surface area contributed by atoms with Gasteiger partial charge in [0.25, 0.3) is 0 Å². The maximum Gasteiger partial charge on any atom is 0.410 e. The fraction of sp³-hybridized carbons (Fsp3) is 0.423. The molecular formula is C26H30Cl2N2O3. The maximum absolute atomic E-state index is 12.3. The summed E-state index contributed by atoms with van der Waals surface area (Å²) in [5, 5.41) is 13.6. The van der Waals surface area contributed by atoms with Gasteiger partial charge in [-0.3, -0.25) is 0 Å². The topological polar surface area (TPSA) is 54.7 Å². The summed E-state index contributed by atoms with van der Waals surface area (Å²) >= 11 is 12.6. The minimum Gasteiger partial charge on any atom is -0.494 e. The number of carbonyl (C=O) groups is 1. The van der Waals surface area contributed by atoms with Gasteiger partial charge in [0.05, 0.1) is 17.0 Å². The molecule has 176 valence electrons. The van der Waals surface area contributed by atoms with E-state index < -0.39 is 5.60 Å². The summed E-state index contributed by atoms with van der Waals surface area (Å²) in [7, 11) is 0. The highest BCUT2D eigenvalue weighted by Crippen LogP contribution is 2.36. The van der Waals surface area contributed by atoms with Crippen LogP contribution in [0.15, 0.2) is 42.6 Å². The van der Waals surface area contributed by atoms with E-state index in [0.29, 0.717) is 41.0 Å². The molecule has 1 saturated heterocycles. The number of hydrogen-bond acceptors (Lipinski definition) is 3. The first-order valence-corrected chi connectivity index (χ1v) is 12.1. The maximum atomic E-state index is 12.3. The lowest BCUT2D eigenvalue weighted by atomic mass is 9.90. The Kier molecular flexibility index (Phi) is 6.83. The molecule has 1 N–H and O–H groups in total. The number of rotatable bonds is 4. The van der Waals surface area contributed by atoms with Crippen LogP contribution in [0.25, 0.3) is 10.8 Å². The summed E-state index contributed by atoms with van der Waals surface area (Å²) < 4.78 is 7.30. The zero-order chi connectivity index (χ0) is 23.8. The van der Waals surface area contributed by atoms with Crippen molar-refractivity contribution in [1.29, 1.82) is 0 Å². The predicted octanol–water partition coefficient (Wildman–Crippen LogP) is 6.89. The molecule has 0 radical (unpaired) electrons. The quantitative estimate of drug-likeness (QED) is 0.434. The highest BCUT2D eigenvalue weighted by Gasteiger charge is 2.27. The zero-order valence-electron chi connectivity index (χ0n) is 19.3. The van der Waals surface area contributed by atoms with Gasteiger partial charge < -0.3 is 19.3 Å². The Labute approximate surface area is 204 Å². The van der Waals surface area contributed by atoms with Crippen molar-refractivity contribution in [1.82, 2.24) is 9.47 Å². The number of nitrogens with zero attached hydrogens (tertiary/aromatic N) is 2. The number of carbonyl (C=O) groups excluding carboxylic acids is 1.